The van der Waals surface area contributed by atoms with Crippen molar-refractivity contribution in [1.82, 2.24) is 0 Å². The van der Waals surface area contributed by atoms with Crippen LogP contribution in [0, 0.1) is 0 Å². The number of allylic oxidation sites excluding steroid dienone is 24. The van der Waals surface area contributed by atoms with Crippen LogP contribution < -0.4 is 4.89 Å². The Kier molecular flexibility index (Phi) is 60.3. The van der Waals surface area contributed by atoms with Gasteiger partial charge in [0.2, 0.25) is 0 Å². The molecule has 478 valence electrons. The Hall–Kier alpha value is -4.11. The predicted octanol–water partition coefficient (Wildman–Crippen LogP) is 21.2. The molecule has 0 heterocycles. The van der Waals surface area contributed by atoms with Crippen LogP contribution in [0.5, 0.6) is 0 Å². The van der Waals surface area contributed by atoms with Crippen molar-refractivity contribution in [3.63, 3.8) is 0 Å². The average Bonchev–Trinajstić information content (AvgIpc) is 3.61. The molecule has 84 heavy (non-hydrogen) atoms. The fourth-order valence-electron chi connectivity index (χ4n) is 8.71. The summed E-state index contributed by atoms with van der Waals surface area (Å²) in [4.78, 5) is 38.0. The first kappa shape index (κ1) is 79.9. The molecule has 0 N–H and O–H groups in total. The van der Waals surface area contributed by atoms with E-state index in [9.17, 15) is 19.0 Å². The van der Waals surface area contributed by atoms with Gasteiger partial charge in [0.15, 0.2) is 6.10 Å². The van der Waals surface area contributed by atoms with Gasteiger partial charge in [-0.1, -0.05) is 269 Å². The lowest BCUT2D eigenvalue weighted by molar-refractivity contribution is -0.870. The van der Waals surface area contributed by atoms with E-state index in [2.05, 4.69) is 160 Å². The fourth-order valence-corrected chi connectivity index (χ4v) is 9.44. The number of hydrogen-bond donors (Lipinski definition) is 0. The first-order valence-corrected chi connectivity index (χ1v) is 35.0. The highest BCUT2D eigenvalue weighted by Crippen LogP contribution is 2.38. The van der Waals surface area contributed by atoms with Crippen molar-refractivity contribution < 1.29 is 42.1 Å². The normalized spacial score (nSPS) is 14.1. The Morgan fingerprint density at radius 1 is 0.381 bits per heavy atom. The molecule has 9 nitrogen and oxygen atoms in total. The van der Waals surface area contributed by atoms with Gasteiger partial charge in [0.05, 0.1) is 27.7 Å². The number of carbonyl (C=O) groups is 2. The van der Waals surface area contributed by atoms with E-state index in [1.165, 1.54) is 96.3 Å². The van der Waals surface area contributed by atoms with E-state index in [0.29, 0.717) is 17.4 Å². The molecule has 2 atom stereocenters. The van der Waals surface area contributed by atoms with Gasteiger partial charge in [0.1, 0.15) is 19.8 Å². The van der Waals surface area contributed by atoms with Gasteiger partial charge in [-0.15, -0.1) is 0 Å². The number of phosphoric ester groups is 1. The number of rotatable bonds is 60. The van der Waals surface area contributed by atoms with Gasteiger partial charge in [-0.2, -0.15) is 0 Å². The van der Waals surface area contributed by atoms with E-state index >= 15 is 0 Å². The predicted molar refractivity (Wildman–Crippen MR) is 360 cm³/mol. The van der Waals surface area contributed by atoms with Gasteiger partial charge in [0, 0.05) is 12.8 Å². The zero-order chi connectivity index (χ0) is 61.2. The third-order valence-corrected chi connectivity index (χ3v) is 14.8. The smallest absolute Gasteiger partial charge is 0.306 e. The van der Waals surface area contributed by atoms with Crippen LogP contribution in [0.4, 0.5) is 0 Å². The summed E-state index contributed by atoms with van der Waals surface area (Å²) in [6, 6.07) is 0. The highest BCUT2D eigenvalue weighted by molar-refractivity contribution is 7.45. The zero-order valence-electron chi connectivity index (χ0n) is 54.3. The minimum Gasteiger partial charge on any atom is -0.756 e. The van der Waals surface area contributed by atoms with Crippen LogP contribution in [0.3, 0.4) is 0 Å². The second kappa shape index (κ2) is 63.4. The molecule has 0 amide bonds. The Morgan fingerprint density at radius 2 is 0.679 bits per heavy atom. The molecule has 0 saturated heterocycles. The number of ether oxygens (including phenoxy) is 2. The summed E-state index contributed by atoms with van der Waals surface area (Å²) in [5.74, 6) is -0.853. The van der Waals surface area contributed by atoms with E-state index in [-0.39, 0.29) is 26.1 Å². The van der Waals surface area contributed by atoms with Crippen LogP contribution in [0.25, 0.3) is 0 Å². The van der Waals surface area contributed by atoms with E-state index in [4.69, 9.17) is 18.5 Å². The Bertz CT molecular complexity index is 1930. The first-order valence-electron chi connectivity index (χ1n) is 33.5. The van der Waals surface area contributed by atoms with Crippen molar-refractivity contribution in [2.24, 2.45) is 0 Å². The van der Waals surface area contributed by atoms with E-state index in [1.54, 1.807) is 0 Å². The van der Waals surface area contributed by atoms with Crippen LogP contribution in [0.2, 0.25) is 0 Å². The van der Waals surface area contributed by atoms with E-state index in [0.717, 1.165) is 128 Å². The van der Waals surface area contributed by atoms with Crippen LogP contribution in [-0.2, 0) is 32.7 Å². The molecular weight excluding hydrogens is 1060 g/mol. The van der Waals surface area contributed by atoms with Crippen LogP contribution in [-0.4, -0.2) is 70.0 Å². The maximum Gasteiger partial charge on any atom is 0.306 e. The van der Waals surface area contributed by atoms with Gasteiger partial charge in [-0.3, -0.25) is 14.2 Å². The zero-order valence-corrected chi connectivity index (χ0v) is 55.2. The minimum atomic E-state index is -4.65. The quantitative estimate of drug-likeness (QED) is 0.0195. The van der Waals surface area contributed by atoms with Crippen molar-refractivity contribution >= 4 is 19.8 Å². The van der Waals surface area contributed by atoms with Crippen LogP contribution in [0.15, 0.2) is 146 Å². The lowest BCUT2D eigenvalue weighted by Crippen LogP contribution is -2.37. The van der Waals surface area contributed by atoms with Gasteiger partial charge in [-0.25, -0.2) is 0 Å². The summed E-state index contributed by atoms with van der Waals surface area (Å²) in [7, 11) is 1.14. The molecule has 0 aromatic carbocycles. The molecule has 0 radical (unpaired) electrons. The van der Waals surface area contributed by atoms with Crippen LogP contribution >= 0.6 is 7.82 Å². The number of nitrogens with zero attached hydrogens (tertiary/aromatic N) is 1. The molecule has 0 saturated carbocycles. The monoisotopic (exact) mass is 1190 g/mol. The summed E-state index contributed by atoms with van der Waals surface area (Å²) in [5, 5.41) is 0. The van der Waals surface area contributed by atoms with Gasteiger partial charge in [0.25, 0.3) is 7.82 Å². The molecule has 0 spiro atoms. The Morgan fingerprint density at radius 3 is 1.02 bits per heavy atom. The van der Waals surface area contributed by atoms with E-state index < -0.39 is 32.5 Å². The number of phosphoric acid groups is 1. The summed E-state index contributed by atoms with van der Waals surface area (Å²) < 4.78 is 34.2. The van der Waals surface area contributed by atoms with Crippen molar-refractivity contribution in [2.45, 2.75) is 264 Å². The molecule has 0 bridgehead atoms. The number of likely N-dealkylation sites (N-methyl/N-ethyl adjacent to an activating group) is 1. The summed E-state index contributed by atoms with van der Waals surface area (Å²) in [6.45, 7) is 4.10. The molecule has 0 aliphatic heterocycles. The molecule has 0 aliphatic carbocycles. The van der Waals surface area contributed by atoms with Gasteiger partial charge < -0.3 is 27.9 Å². The lowest BCUT2D eigenvalue weighted by Gasteiger charge is -2.28. The fraction of sp³-hybridized carbons (Fsp3) is 0.649. The largest absolute Gasteiger partial charge is 0.756 e. The number of hydrogen-bond acceptors (Lipinski definition) is 8. The standard InChI is InChI=1S/C74H124NO8P/c1-6-8-10-12-14-16-18-20-22-24-26-27-28-29-30-31-32-33-34-35-36-37-38-39-40-41-42-43-44-45-46-47-49-51-53-55-57-59-61-63-65-67-74(77)83-72(71-82-84(78,79)81-69-68-75(3,4)5)70-80-73(76)66-64-62-60-58-56-54-52-50-48-25-23-21-19-17-15-13-11-9-7-2/h8,10,14,16,20-23,26-27,29-30,32-33,35-36,38-39,41-42,44-45,47,49,72H,6-7,9,11-13,15,17-19,24-25,28,31,34,37,40,43,46,48,50-71H2,1-5H3/b10-8-,16-14-,22-20-,23-21-,27-26-,30-29-,33-32-,36-35-,39-38-,42-41-,45-44-,49-47-. The molecule has 10 heteroatoms. The van der Waals surface area contributed by atoms with Crippen molar-refractivity contribution in [3.8, 4) is 0 Å². The van der Waals surface area contributed by atoms with Crippen molar-refractivity contribution in [1.29, 1.82) is 0 Å². The summed E-state index contributed by atoms with van der Waals surface area (Å²) in [6.07, 6.45) is 93.4. The average molecular weight is 1190 g/mol. The number of quaternary nitrogens is 1. The number of esters is 2. The Balaban J connectivity index is 4.14. The maximum absolute atomic E-state index is 12.8. The van der Waals surface area contributed by atoms with Gasteiger partial charge >= 0.3 is 11.9 Å². The number of carbonyl (C=O) groups excluding carboxylic acids is 2. The molecule has 0 aromatic heterocycles. The molecule has 0 fully saturated rings. The van der Waals surface area contributed by atoms with Crippen molar-refractivity contribution in [3.05, 3.63) is 146 Å². The topological polar surface area (TPSA) is 111 Å². The van der Waals surface area contributed by atoms with Crippen LogP contribution in [0.1, 0.15) is 258 Å². The van der Waals surface area contributed by atoms with E-state index in [1.807, 2.05) is 21.1 Å². The second-order valence-electron chi connectivity index (χ2n) is 23.1. The molecule has 0 aliphatic rings. The van der Waals surface area contributed by atoms with Gasteiger partial charge in [-0.05, 0) is 122 Å². The highest BCUT2D eigenvalue weighted by atomic mass is 31.2. The summed E-state index contributed by atoms with van der Waals surface area (Å²) >= 11 is 0. The Labute approximate surface area is 516 Å². The third-order valence-electron chi connectivity index (χ3n) is 13.8. The number of unbranched alkanes of at least 4 members (excludes halogenated alkanes) is 22. The first-order chi connectivity index (χ1) is 41.0. The highest BCUT2D eigenvalue weighted by Gasteiger charge is 2.22. The molecule has 0 rings (SSSR count). The maximum atomic E-state index is 12.8. The molecule has 0 aromatic rings. The molecule has 2 unspecified atom stereocenters. The minimum absolute atomic E-state index is 0.0399. The lowest BCUT2D eigenvalue weighted by atomic mass is 10.1. The summed E-state index contributed by atoms with van der Waals surface area (Å²) in [5.41, 5.74) is 0. The van der Waals surface area contributed by atoms with Crippen molar-refractivity contribution in [2.75, 3.05) is 47.5 Å². The third kappa shape index (κ3) is 67.0. The second-order valence-corrected chi connectivity index (χ2v) is 24.5. The SMILES string of the molecule is CC/C=C\C/C=C\C/C=C\C/C=C\C/C=C\C/C=C\C/C=C\C/C=C\C/C=C\C/C=C\C/C=C\CCCCCCCCCC(=O)OC(COC(=O)CCCCCCCCCCC/C=C\CCCCCCCC)COP(=O)([O-])OCC[N+](C)(C)C. The molecular formula is C74H124NO8P.